The van der Waals surface area contributed by atoms with E-state index in [-0.39, 0.29) is 12.5 Å². The van der Waals surface area contributed by atoms with Crippen LogP contribution in [-0.4, -0.2) is 13.9 Å². The molecule has 0 aliphatic carbocycles. The second-order valence-corrected chi connectivity index (χ2v) is 3.23. The van der Waals surface area contributed by atoms with Crippen LogP contribution in [0.2, 0.25) is 0 Å². The van der Waals surface area contributed by atoms with E-state index in [1.165, 1.54) is 13.2 Å². The van der Waals surface area contributed by atoms with Gasteiger partial charge in [0.2, 0.25) is 6.79 Å². The number of hydrogen-bond donors (Lipinski definition) is 0. The highest BCUT2D eigenvalue weighted by Crippen LogP contribution is 2.45. The van der Waals surface area contributed by atoms with Gasteiger partial charge in [-0.25, -0.2) is 4.39 Å². The van der Waals surface area contributed by atoms with Crippen LogP contribution in [0, 0.1) is 5.82 Å². The zero-order valence-corrected chi connectivity index (χ0v) is 8.35. The van der Waals surface area contributed by atoms with Crippen LogP contribution in [0.3, 0.4) is 0 Å². The summed E-state index contributed by atoms with van der Waals surface area (Å²) in [5.74, 6) is 0.534. The molecular formula is C8H6BrFO3. The van der Waals surface area contributed by atoms with Crippen LogP contribution in [0.25, 0.3) is 0 Å². The number of benzene rings is 1. The first-order chi connectivity index (χ1) is 6.24. The first kappa shape index (κ1) is 8.62. The topological polar surface area (TPSA) is 27.7 Å². The summed E-state index contributed by atoms with van der Waals surface area (Å²) in [4.78, 5) is 0. The summed E-state index contributed by atoms with van der Waals surface area (Å²) in [6.07, 6.45) is 0. The predicted octanol–water partition coefficient (Wildman–Crippen LogP) is 2.33. The molecule has 0 spiro atoms. The SMILES string of the molecule is COc1c(F)cc2c(c1Br)OCO2. The van der Waals surface area contributed by atoms with Gasteiger partial charge in [-0.2, -0.15) is 0 Å². The standard InChI is InChI=1S/C8H6BrFO3/c1-11-7-4(10)2-5-8(6(7)9)13-3-12-5/h2H,3H2,1H3. The zero-order valence-electron chi connectivity index (χ0n) is 6.77. The molecule has 0 bridgehead atoms. The van der Waals surface area contributed by atoms with Gasteiger partial charge in [-0.05, 0) is 15.9 Å². The summed E-state index contributed by atoms with van der Waals surface area (Å²) < 4.78 is 28.6. The predicted molar refractivity (Wildman–Crippen MR) is 46.8 cm³/mol. The van der Waals surface area contributed by atoms with E-state index in [9.17, 15) is 4.39 Å². The molecule has 1 aromatic rings. The molecule has 1 aromatic carbocycles. The Kier molecular flexibility index (Phi) is 2.03. The molecule has 5 heteroatoms. The Morgan fingerprint density at radius 2 is 2.31 bits per heavy atom. The minimum Gasteiger partial charge on any atom is -0.492 e. The summed E-state index contributed by atoms with van der Waals surface area (Å²) in [5.41, 5.74) is 0. The van der Waals surface area contributed by atoms with Gasteiger partial charge >= 0.3 is 0 Å². The molecule has 1 heterocycles. The molecule has 70 valence electrons. The lowest BCUT2D eigenvalue weighted by Crippen LogP contribution is -1.93. The summed E-state index contributed by atoms with van der Waals surface area (Å²) in [6, 6.07) is 1.24. The molecule has 0 atom stereocenters. The van der Waals surface area contributed by atoms with Crippen molar-refractivity contribution in [3.8, 4) is 17.2 Å². The number of halogens is 2. The third kappa shape index (κ3) is 1.23. The van der Waals surface area contributed by atoms with E-state index in [1.807, 2.05) is 0 Å². The smallest absolute Gasteiger partial charge is 0.231 e. The second kappa shape index (κ2) is 3.06. The molecule has 3 nitrogen and oxygen atoms in total. The lowest BCUT2D eigenvalue weighted by atomic mass is 10.3. The Morgan fingerprint density at radius 1 is 1.54 bits per heavy atom. The van der Waals surface area contributed by atoms with E-state index in [1.54, 1.807) is 0 Å². The molecule has 0 fully saturated rings. The Hall–Kier alpha value is -0.970. The van der Waals surface area contributed by atoms with Crippen molar-refractivity contribution in [3.05, 3.63) is 16.4 Å². The third-order valence-corrected chi connectivity index (χ3v) is 2.44. The maximum absolute atomic E-state index is 13.2. The molecule has 0 unspecified atom stereocenters. The minimum absolute atomic E-state index is 0.112. The highest BCUT2D eigenvalue weighted by Gasteiger charge is 2.23. The fourth-order valence-electron chi connectivity index (χ4n) is 1.14. The number of hydrogen-bond acceptors (Lipinski definition) is 3. The molecule has 0 amide bonds. The van der Waals surface area contributed by atoms with Crippen LogP contribution >= 0.6 is 15.9 Å². The molecule has 0 saturated carbocycles. The van der Waals surface area contributed by atoms with Crippen molar-refractivity contribution in [2.75, 3.05) is 13.9 Å². The lowest BCUT2D eigenvalue weighted by molar-refractivity contribution is 0.173. The third-order valence-electron chi connectivity index (χ3n) is 1.72. The van der Waals surface area contributed by atoms with E-state index in [4.69, 9.17) is 14.2 Å². The van der Waals surface area contributed by atoms with Crippen molar-refractivity contribution in [2.45, 2.75) is 0 Å². The van der Waals surface area contributed by atoms with Gasteiger partial charge < -0.3 is 14.2 Å². The summed E-state index contributed by atoms with van der Waals surface area (Å²) in [5, 5.41) is 0. The van der Waals surface area contributed by atoms with Crippen LogP contribution in [0.1, 0.15) is 0 Å². The van der Waals surface area contributed by atoms with E-state index in [0.29, 0.717) is 16.0 Å². The number of rotatable bonds is 1. The molecule has 2 rings (SSSR count). The summed E-state index contributed by atoms with van der Waals surface area (Å²) in [6.45, 7) is 0.112. The molecule has 13 heavy (non-hydrogen) atoms. The molecule has 0 saturated heterocycles. The van der Waals surface area contributed by atoms with E-state index in [0.717, 1.165) is 0 Å². The fraction of sp³-hybridized carbons (Fsp3) is 0.250. The van der Waals surface area contributed by atoms with Crippen LogP contribution in [0.5, 0.6) is 17.2 Å². The molecule has 1 aliphatic rings. The van der Waals surface area contributed by atoms with Crippen LogP contribution in [0.4, 0.5) is 4.39 Å². The Labute approximate surface area is 82.5 Å². The van der Waals surface area contributed by atoms with Gasteiger partial charge in [0.25, 0.3) is 0 Å². The first-order valence-electron chi connectivity index (χ1n) is 3.55. The van der Waals surface area contributed by atoms with Gasteiger partial charge in [0.15, 0.2) is 23.1 Å². The van der Waals surface area contributed by atoms with Gasteiger partial charge in [0.1, 0.15) is 4.47 Å². The van der Waals surface area contributed by atoms with E-state index >= 15 is 0 Å². The van der Waals surface area contributed by atoms with Crippen LogP contribution in [0.15, 0.2) is 10.5 Å². The average Bonchev–Trinajstić information content (AvgIpc) is 2.53. The Bertz CT molecular complexity index is 350. The van der Waals surface area contributed by atoms with Crippen molar-refractivity contribution in [3.63, 3.8) is 0 Å². The quantitative estimate of drug-likeness (QED) is 0.764. The Morgan fingerprint density at radius 3 is 3.00 bits per heavy atom. The number of ether oxygens (including phenoxy) is 3. The van der Waals surface area contributed by atoms with Gasteiger partial charge in [-0.1, -0.05) is 0 Å². The van der Waals surface area contributed by atoms with Gasteiger partial charge in [-0.3, -0.25) is 0 Å². The van der Waals surface area contributed by atoms with Crippen molar-refractivity contribution >= 4 is 15.9 Å². The number of methoxy groups -OCH3 is 1. The van der Waals surface area contributed by atoms with Gasteiger partial charge in [0.05, 0.1) is 7.11 Å². The first-order valence-corrected chi connectivity index (χ1v) is 4.35. The lowest BCUT2D eigenvalue weighted by Gasteiger charge is -2.06. The molecule has 0 radical (unpaired) electrons. The largest absolute Gasteiger partial charge is 0.492 e. The Balaban J connectivity index is 2.62. The van der Waals surface area contributed by atoms with Crippen molar-refractivity contribution in [2.24, 2.45) is 0 Å². The zero-order chi connectivity index (χ0) is 9.42. The van der Waals surface area contributed by atoms with Gasteiger partial charge in [0, 0.05) is 6.07 Å². The molecule has 0 N–H and O–H groups in total. The van der Waals surface area contributed by atoms with Gasteiger partial charge in [-0.15, -0.1) is 0 Å². The molecule has 0 aromatic heterocycles. The van der Waals surface area contributed by atoms with E-state index in [2.05, 4.69) is 15.9 Å². The highest BCUT2D eigenvalue weighted by molar-refractivity contribution is 9.10. The minimum atomic E-state index is -0.473. The summed E-state index contributed by atoms with van der Waals surface area (Å²) in [7, 11) is 1.39. The molecule has 1 aliphatic heterocycles. The maximum Gasteiger partial charge on any atom is 0.231 e. The van der Waals surface area contributed by atoms with Crippen molar-refractivity contribution in [1.82, 2.24) is 0 Å². The summed E-state index contributed by atoms with van der Waals surface area (Å²) >= 11 is 3.17. The monoisotopic (exact) mass is 248 g/mol. The highest BCUT2D eigenvalue weighted by atomic mass is 79.9. The second-order valence-electron chi connectivity index (χ2n) is 2.44. The normalized spacial score (nSPS) is 13.2. The van der Waals surface area contributed by atoms with Crippen molar-refractivity contribution in [1.29, 1.82) is 0 Å². The van der Waals surface area contributed by atoms with Crippen molar-refractivity contribution < 1.29 is 18.6 Å². The van der Waals surface area contributed by atoms with Crippen LogP contribution < -0.4 is 14.2 Å². The van der Waals surface area contributed by atoms with Crippen LogP contribution in [-0.2, 0) is 0 Å². The number of fused-ring (bicyclic) bond motifs is 1. The molecular weight excluding hydrogens is 243 g/mol. The fourth-order valence-corrected chi connectivity index (χ4v) is 1.80. The average molecular weight is 249 g/mol. The maximum atomic E-state index is 13.2. The van der Waals surface area contributed by atoms with E-state index < -0.39 is 5.82 Å².